The number of carbonyl (C=O) groups excluding carboxylic acids is 3. The van der Waals surface area contributed by atoms with Crippen LogP contribution in [0.25, 0.3) is 0 Å². The van der Waals surface area contributed by atoms with E-state index >= 15 is 0 Å². The van der Waals surface area contributed by atoms with Crippen LogP contribution in [0.1, 0.15) is 66.7 Å². The first kappa shape index (κ1) is 29.3. The van der Waals surface area contributed by atoms with Gasteiger partial charge >= 0.3 is 0 Å². The zero-order chi connectivity index (χ0) is 28.4. The van der Waals surface area contributed by atoms with Crippen molar-refractivity contribution in [2.75, 3.05) is 43.0 Å². The first-order chi connectivity index (χ1) is 18.7. The minimum Gasteiger partial charge on any atom is -0.396 e. The van der Waals surface area contributed by atoms with E-state index in [0.717, 1.165) is 31.6 Å². The quantitative estimate of drug-likeness (QED) is 0.330. The fourth-order valence-electron chi connectivity index (χ4n) is 7.16. The van der Waals surface area contributed by atoms with Gasteiger partial charge in [0.1, 0.15) is 11.6 Å². The Morgan fingerprint density at radius 2 is 1.79 bits per heavy atom. The van der Waals surface area contributed by atoms with Crippen molar-refractivity contribution < 1.29 is 24.2 Å². The highest BCUT2D eigenvalue weighted by Gasteiger charge is 2.79. The van der Waals surface area contributed by atoms with Crippen LogP contribution in [-0.2, 0) is 19.1 Å². The number of likely N-dealkylation sites (tertiary alicyclic amines) is 1. The van der Waals surface area contributed by atoms with Crippen LogP contribution in [0.2, 0.25) is 0 Å². The molecule has 0 saturated carbocycles. The third-order valence-electron chi connectivity index (χ3n) is 9.22. The molecule has 9 heteroatoms. The Morgan fingerprint density at radius 3 is 2.41 bits per heavy atom. The van der Waals surface area contributed by atoms with Crippen LogP contribution in [0.5, 0.6) is 0 Å². The van der Waals surface area contributed by atoms with Gasteiger partial charge in [-0.3, -0.25) is 14.4 Å². The highest BCUT2D eigenvalue weighted by Crippen LogP contribution is 2.65. The molecule has 1 aromatic carbocycles. The molecule has 3 amide bonds. The Morgan fingerprint density at radius 1 is 1.10 bits per heavy atom. The van der Waals surface area contributed by atoms with E-state index in [-0.39, 0.29) is 30.2 Å². The van der Waals surface area contributed by atoms with E-state index in [1.54, 1.807) is 4.90 Å². The summed E-state index contributed by atoms with van der Waals surface area (Å²) in [5.41, 5.74) is -0.126. The maximum atomic E-state index is 14.1. The van der Waals surface area contributed by atoms with Crippen molar-refractivity contribution >= 4 is 29.1 Å². The molecule has 3 heterocycles. The molecule has 0 aliphatic carbocycles. The molecule has 3 saturated heterocycles. The van der Waals surface area contributed by atoms with Gasteiger partial charge in [-0.05, 0) is 83.1 Å². The average molecular weight is 543 g/mol. The number of rotatable bonds is 13. The van der Waals surface area contributed by atoms with Crippen LogP contribution in [-0.4, -0.2) is 77.8 Å². The number of carbonyl (C=O) groups is 3. The van der Waals surface area contributed by atoms with Gasteiger partial charge < -0.3 is 30.3 Å². The summed E-state index contributed by atoms with van der Waals surface area (Å²) in [7, 11) is 0. The van der Waals surface area contributed by atoms with E-state index in [2.05, 4.69) is 36.3 Å². The van der Waals surface area contributed by atoms with Gasteiger partial charge in [0.15, 0.2) is 0 Å². The lowest BCUT2D eigenvalue weighted by molar-refractivity contribution is -0.146. The van der Waals surface area contributed by atoms with E-state index in [4.69, 9.17) is 4.74 Å². The summed E-state index contributed by atoms with van der Waals surface area (Å²) in [6, 6.07) is 6.93. The van der Waals surface area contributed by atoms with Gasteiger partial charge in [-0.25, -0.2) is 0 Å². The summed E-state index contributed by atoms with van der Waals surface area (Å²) >= 11 is 0. The summed E-state index contributed by atoms with van der Waals surface area (Å²) in [5, 5.41) is 15.3. The summed E-state index contributed by atoms with van der Waals surface area (Å²) in [6.45, 7) is 13.0. The van der Waals surface area contributed by atoms with Crippen molar-refractivity contribution in [2.24, 2.45) is 17.8 Å². The first-order valence-corrected chi connectivity index (χ1v) is 14.7. The number of fused-ring (bicyclic) bond motifs is 1. The fraction of sp³-hybridized carbons (Fsp3) is 0.700. The van der Waals surface area contributed by atoms with E-state index in [9.17, 15) is 19.5 Å². The van der Waals surface area contributed by atoms with Crippen molar-refractivity contribution in [3.63, 3.8) is 0 Å². The van der Waals surface area contributed by atoms with E-state index in [1.165, 1.54) is 0 Å². The van der Waals surface area contributed by atoms with Crippen LogP contribution in [0.4, 0.5) is 11.4 Å². The molecule has 2 bridgehead atoms. The third-order valence-corrected chi connectivity index (χ3v) is 9.22. The molecular weight excluding hydrogens is 496 g/mol. The van der Waals surface area contributed by atoms with Gasteiger partial charge in [0.2, 0.25) is 17.7 Å². The van der Waals surface area contributed by atoms with Crippen molar-refractivity contribution in [3.8, 4) is 0 Å². The molecule has 4 rings (SSSR count). The Labute approximate surface area is 232 Å². The third kappa shape index (κ3) is 5.04. The molecule has 9 nitrogen and oxygen atoms in total. The number of nitrogens with one attached hydrogen (secondary N) is 2. The van der Waals surface area contributed by atoms with Gasteiger partial charge in [-0.1, -0.05) is 13.8 Å². The maximum Gasteiger partial charge on any atom is 0.250 e. The van der Waals surface area contributed by atoms with Gasteiger partial charge in [0.25, 0.3) is 0 Å². The number of ether oxygens (including phenoxy) is 1. The molecule has 0 radical (unpaired) electrons. The van der Waals surface area contributed by atoms with E-state index in [0.29, 0.717) is 38.0 Å². The SMILES string of the molecule is CCCNC(=O)[C@H]1[C@H]2C(=O)N(CCCCCO)C(C(=O)Nc3ccc(N(CC)CC)cc3)C23CC(C)[C@]1(C)O3. The maximum absolute atomic E-state index is 14.1. The summed E-state index contributed by atoms with van der Waals surface area (Å²) < 4.78 is 6.75. The molecule has 0 aromatic heterocycles. The Bertz CT molecular complexity index is 1040. The number of aliphatic hydroxyl groups excluding tert-OH is 1. The number of benzene rings is 1. The number of amides is 3. The standard InChI is InChI=1S/C30H46N4O5/c1-6-16-31-26(36)23-24-28(38)34(17-10-9-11-18-35)25(30(24)19-20(4)29(23,5)39-30)27(37)32-21-12-14-22(15-13-21)33(7-2)8-3/h12-15,20,23-25,35H,6-11,16-19H2,1-5H3,(H,31,36)(H,32,37)/t20?,23-,24+,25?,29+,30?/m1/s1. The molecule has 3 N–H and O–H groups in total. The summed E-state index contributed by atoms with van der Waals surface area (Å²) in [4.78, 5) is 45.4. The van der Waals surface area contributed by atoms with Gasteiger partial charge in [-0.2, -0.15) is 0 Å². The molecule has 6 atom stereocenters. The average Bonchev–Trinajstić information content (AvgIpc) is 3.43. The molecular formula is C30H46N4O5. The molecule has 1 spiro atoms. The Balaban J connectivity index is 1.65. The Hall–Kier alpha value is -2.65. The van der Waals surface area contributed by atoms with Gasteiger partial charge in [0.05, 0.1) is 17.4 Å². The molecule has 39 heavy (non-hydrogen) atoms. The number of nitrogens with zero attached hydrogens (tertiary/aromatic N) is 2. The molecule has 3 unspecified atom stereocenters. The smallest absolute Gasteiger partial charge is 0.250 e. The van der Waals surface area contributed by atoms with E-state index < -0.39 is 29.1 Å². The fourth-order valence-corrected chi connectivity index (χ4v) is 7.16. The predicted molar refractivity (Wildman–Crippen MR) is 151 cm³/mol. The number of anilines is 2. The highest BCUT2D eigenvalue weighted by molar-refractivity contribution is 6.03. The summed E-state index contributed by atoms with van der Waals surface area (Å²) in [5.74, 6) is -1.96. The lowest BCUT2D eigenvalue weighted by atomic mass is 9.62. The van der Waals surface area contributed by atoms with Crippen molar-refractivity contribution in [1.82, 2.24) is 10.2 Å². The summed E-state index contributed by atoms with van der Waals surface area (Å²) in [6.07, 6.45) is 3.39. The van der Waals surface area contributed by atoms with Gasteiger partial charge in [-0.15, -0.1) is 0 Å². The molecule has 3 aliphatic heterocycles. The lowest BCUT2D eigenvalue weighted by Crippen LogP contribution is -2.54. The second-order valence-corrected chi connectivity index (χ2v) is 11.5. The molecule has 3 fully saturated rings. The van der Waals surface area contributed by atoms with Crippen LogP contribution in [0.3, 0.4) is 0 Å². The second kappa shape index (κ2) is 11.8. The van der Waals surface area contributed by atoms with E-state index in [1.807, 2.05) is 38.1 Å². The minimum absolute atomic E-state index is 0.0110. The number of aliphatic hydroxyl groups is 1. The predicted octanol–water partition coefficient (Wildman–Crippen LogP) is 3.17. The minimum atomic E-state index is -1.05. The van der Waals surface area contributed by atoms with Gasteiger partial charge in [0, 0.05) is 44.2 Å². The number of unbranched alkanes of at least 4 members (excludes halogenated alkanes) is 2. The zero-order valence-electron chi connectivity index (χ0n) is 24.2. The van der Waals surface area contributed by atoms with Crippen LogP contribution >= 0.6 is 0 Å². The van der Waals surface area contributed by atoms with Crippen molar-refractivity contribution in [1.29, 1.82) is 0 Å². The largest absolute Gasteiger partial charge is 0.396 e. The highest BCUT2D eigenvalue weighted by atomic mass is 16.5. The zero-order valence-corrected chi connectivity index (χ0v) is 24.2. The van der Waals surface area contributed by atoms with Crippen molar-refractivity contribution in [2.45, 2.75) is 84.0 Å². The normalized spacial score (nSPS) is 30.9. The van der Waals surface area contributed by atoms with Crippen molar-refractivity contribution in [3.05, 3.63) is 24.3 Å². The Kier molecular flexibility index (Phi) is 8.91. The topological polar surface area (TPSA) is 111 Å². The molecule has 216 valence electrons. The van der Waals surface area contributed by atoms with Crippen LogP contribution in [0.15, 0.2) is 24.3 Å². The molecule has 1 aromatic rings. The van der Waals surface area contributed by atoms with Crippen LogP contribution in [0, 0.1) is 17.8 Å². The number of hydrogen-bond donors (Lipinski definition) is 3. The first-order valence-electron chi connectivity index (χ1n) is 14.7. The lowest BCUT2D eigenvalue weighted by Gasteiger charge is -2.36. The number of hydrogen-bond acceptors (Lipinski definition) is 6. The van der Waals surface area contributed by atoms with Crippen LogP contribution < -0.4 is 15.5 Å². The monoisotopic (exact) mass is 542 g/mol. The molecule has 3 aliphatic rings. The second-order valence-electron chi connectivity index (χ2n) is 11.5.